The number of aliphatic hydroxyl groups excluding tert-OH is 1. The Morgan fingerprint density at radius 3 is 1.23 bits per heavy atom. The summed E-state index contributed by atoms with van der Waals surface area (Å²) < 4.78 is 37.4. The van der Waals surface area contributed by atoms with Crippen molar-refractivity contribution in [3.05, 3.63) is 304 Å². The molecule has 120 heavy (non-hydrogen) atoms. The SMILES string of the molecule is O=C(Nc1ccc(Cl)c(-c2ccccn2)c1)c1ccc(C(=O)N2CCOCC2)nc1.O=C(Nc1ccc(Cl)c(-c2ccccn2)c1)c1ccc(N2CCOCC2)cc1.O=C(Nc1ccc(Cl)c(-c2ccccn2)c1)c1ccc(NCCCN2CCCC2=O)nc1.O=C(Nc1ccc(Cl)c(-c2ccccn2)c1)c1ccc(S(=O)(=O)NCCCO)cc1. The van der Waals surface area contributed by atoms with Gasteiger partial charge in [0.2, 0.25) is 15.9 Å². The fourth-order valence-electron chi connectivity index (χ4n) is 12.5. The Bertz CT molecular complexity index is 5600. The molecule has 6 aromatic heterocycles. The van der Waals surface area contributed by atoms with E-state index in [0.29, 0.717) is 139 Å². The zero-order valence-electron chi connectivity index (χ0n) is 64.7. The van der Waals surface area contributed by atoms with Gasteiger partial charge in [-0.05, 0) is 213 Å². The first-order valence-corrected chi connectivity index (χ1v) is 41.4. The van der Waals surface area contributed by atoms with Gasteiger partial charge in [-0.1, -0.05) is 70.7 Å². The van der Waals surface area contributed by atoms with Gasteiger partial charge in [0.1, 0.15) is 11.5 Å². The molecule has 12 aromatic rings. The monoisotopic (exact) mass is 1710 g/mol. The van der Waals surface area contributed by atoms with Crippen LogP contribution in [0.5, 0.6) is 0 Å². The van der Waals surface area contributed by atoms with Crippen molar-refractivity contribution in [3.8, 4) is 45.0 Å². The number of nitrogens with one attached hydrogen (secondary N) is 6. The van der Waals surface area contributed by atoms with Crippen LogP contribution >= 0.6 is 46.4 Å². The van der Waals surface area contributed by atoms with E-state index in [4.69, 9.17) is 61.0 Å². The van der Waals surface area contributed by atoms with Gasteiger partial charge in [0.25, 0.3) is 29.5 Å². The fraction of sp³-hybridized carbons (Fsp3) is 0.191. The number of carbonyl (C=O) groups is 6. The Morgan fingerprint density at radius 1 is 0.433 bits per heavy atom. The zero-order valence-corrected chi connectivity index (χ0v) is 68.6. The summed E-state index contributed by atoms with van der Waals surface area (Å²) in [4.78, 5) is 106. The van der Waals surface area contributed by atoms with E-state index in [1.165, 1.54) is 36.7 Å². The molecule has 0 atom stereocenters. The molecule has 0 radical (unpaired) electrons. The van der Waals surface area contributed by atoms with E-state index in [-0.39, 0.29) is 53.5 Å². The molecule has 9 heterocycles. The molecule has 31 heteroatoms. The molecule has 0 aliphatic carbocycles. The summed E-state index contributed by atoms with van der Waals surface area (Å²) in [5.41, 5.74) is 11.4. The lowest BCUT2D eigenvalue weighted by Crippen LogP contribution is -2.41. The molecule has 0 unspecified atom stereocenters. The maximum Gasteiger partial charge on any atom is 0.272 e. The average molecular weight is 1710 g/mol. The second-order valence-electron chi connectivity index (χ2n) is 27.1. The smallest absolute Gasteiger partial charge is 0.272 e. The number of aliphatic hydroxyl groups is 1. The summed E-state index contributed by atoms with van der Waals surface area (Å²) in [6.07, 6.45) is 12.5. The van der Waals surface area contributed by atoms with E-state index < -0.39 is 10.0 Å². The number of benzene rings is 6. The van der Waals surface area contributed by atoms with Gasteiger partial charge in [-0.25, -0.2) is 18.1 Å². The number of likely N-dealkylation sites (tertiary alicyclic amines) is 1. The molecule has 3 fully saturated rings. The third kappa shape index (κ3) is 24.6. The Labute approximate surface area is 713 Å². The number of anilines is 6. The quantitative estimate of drug-likeness (QED) is 0.0276. The Balaban J connectivity index is 0.000000147. The molecule has 15 rings (SSSR count). The first kappa shape index (κ1) is 86.9. The second-order valence-corrected chi connectivity index (χ2v) is 30.5. The average Bonchev–Trinajstić information content (AvgIpc) is 1.54. The van der Waals surface area contributed by atoms with E-state index in [2.05, 4.69) is 66.1 Å². The molecule has 6 aromatic carbocycles. The van der Waals surface area contributed by atoms with Crippen molar-refractivity contribution < 1.29 is 51.8 Å². The van der Waals surface area contributed by atoms with Gasteiger partial charge < -0.3 is 55.9 Å². The molecule has 3 aliphatic heterocycles. The first-order valence-electron chi connectivity index (χ1n) is 38.4. The summed E-state index contributed by atoms with van der Waals surface area (Å²) in [5, 5.41) is 25.6. The highest BCUT2D eigenvalue weighted by atomic mass is 35.5. The van der Waals surface area contributed by atoms with Gasteiger partial charge in [-0.3, -0.25) is 53.7 Å². The van der Waals surface area contributed by atoms with Crippen LogP contribution < -0.4 is 36.2 Å². The van der Waals surface area contributed by atoms with Crippen LogP contribution in [0.3, 0.4) is 0 Å². The van der Waals surface area contributed by atoms with Crippen LogP contribution in [0.25, 0.3) is 45.0 Å². The van der Waals surface area contributed by atoms with Crippen molar-refractivity contribution in [2.75, 3.05) is 117 Å². The zero-order chi connectivity index (χ0) is 84.2. The van der Waals surface area contributed by atoms with Gasteiger partial charge in [-0.2, -0.15) is 0 Å². The molecule has 26 nitrogen and oxygen atoms in total. The normalized spacial score (nSPS) is 13.0. The fourth-order valence-corrected chi connectivity index (χ4v) is 14.5. The van der Waals surface area contributed by atoms with E-state index in [9.17, 15) is 37.2 Å². The van der Waals surface area contributed by atoms with E-state index in [0.717, 1.165) is 86.0 Å². The topological polar surface area (TPSA) is 334 Å². The molecule has 3 aliphatic rings. The number of hydrogen-bond acceptors (Lipinski definition) is 19. The lowest BCUT2D eigenvalue weighted by molar-refractivity contribution is -0.127. The van der Waals surface area contributed by atoms with Gasteiger partial charge in [0, 0.05) is 164 Å². The molecule has 6 amide bonds. The third-order valence-electron chi connectivity index (χ3n) is 18.9. The van der Waals surface area contributed by atoms with Crippen LogP contribution in [0.4, 0.5) is 34.3 Å². The van der Waals surface area contributed by atoms with Crippen molar-refractivity contribution in [1.82, 2.24) is 44.4 Å². The number of pyridine rings is 6. The number of sulfonamides is 1. The number of morpholine rings is 2. The minimum atomic E-state index is -3.69. The number of nitrogens with zero attached hydrogens (tertiary/aromatic N) is 9. The molecular weight excluding hydrogens is 1630 g/mol. The van der Waals surface area contributed by atoms with Crippen molar-refractivity contribution >= 4 is 126 Å². The maximum absolute atomic E-state index is 12.6. The van der Waals surface area contributed by atoms with Crippen LogP contribution in [0.1, 0.15) is 77.6 Å². The van der Waals surface area contributed by atoms with Crippen molar-refractivity contribution in [1.29, 1.82) is 0 Å². The highest BCUT2D eigenvalue weighted by Gasteiger charge is 2.24. The summed E-state index contributed by atoms with van der Waals surface area (Å²) in [6.45, 7) is 7.69. The Kier molecular flexibility index (Phi) is 31.4. The van der Waals surface area contributed by atoms with Crippen LogP contribution in [0.2, 0.25) is 20.1 Å². The lowest BCUT2D eigenvalue weighted by Gasteiger charge is -2.28. The van der Waals surface area contributed by atoms with Gasteiger partial charge in [-0.15, -0.1) is 0 Å². The highest BCUT2D eigenvalue weighted by Crippen LogP contribution is 2.34. The molecule has 7 N–H and O–H groups in total. The number of halogens is 4. The third-order valence-corrected chi connectivity index (χ3v) is 21.7. The van der Waals surface area contributed by atoms with Crippen LogP contribution in [-0.4, -0.2) is 174 Å². The number of hydrogen-bond donors (Lipinski definition) is 7. The maximum atomic E-state index is 12.6. The second kappa shape index (κ2) is 43.3. The molecule has 614 valence electrons. The molecule has 3 saturated heterocycles. The summed E-state index contributed by atoms with van der Waals surface area (Å²) in [7, 11) is -3.69. The predicted octanol–water partition coefficient (Wildman–Crippen LogP) is 15.8. The van der Waals surface area contributed by atoms with Crippen molar-refractivity contribution in [2.45, 2.75) is 30.6 Å². The first-order chi connectivity index (χ1) is 58.3. The molecule has 0 spiro atoms. The number of amides is 6. The molecule has 0 saturated carbocycles. The van der Waals surface area contributed by atoms with Crippen LogP contribution in [0, 0.1) is 0 Å². The predicted molar refractivity (Wildman–Crippen MR) is 467 cm³/mol. The highest BCUT2D eigenvalue weighted by molar-refractivity contribution is 7.89. The van der Waals surface area contributed by atoms with Crippen LogP contribution in [0.15, 0.2) is 260 Å². The summed E-state index contributed by atoms with van der Waals surface area (Å²) >= 11 is 25.2. The number of ether oxygens (including phenoxy) is 2. The summed E-state index contributed by atoms with van der Waals surface area (Å²) in [5.74, 6) is -0.370. The number of rotatable bonds is 24. The van der Waals surface area contributed by atoms with Crippen molar-refractivity contribution in [3.63, 3.8) is 0 Å². The van der Waals surface area contributed by atoms with Gasteiger partial charge >= 0.3 is 0 Å². The summed E-state index contributed by atoms with van der Waals surface area (Å²) in [6, 6.07) is 63.1. The molecule has 0 bridgehead atoms. The van der Waals surface area contributed by atoms with E-state index >= 15 is 0 Å². The minimum absolute atomic E-state index is 0.0425. The van der Waals surface area contributed by atoms with Crippen molar-refractivity contribution in [2.24, 2.45) is 0 Å². The van der Waals surface area contributed by atoms with Crippen LogP contribution in [-0.2, 0) is 24.3 Å². The number of aromatic nitrogens is 6. The standard InChI is InChI=1S/C24H24ClN5O2.C22H19ClN4O3.C22H20ClN3O2.C21H20ClN3O4S/c25-20-9-8-18(15-19(20)21-5-1-2-11-26-21)29-24(32)17-7-10-22(28-16-17)27-12-4-14-30-13-3-6-23(30)31;23-18-6-5-16(13-17(18)19-3-1-2-8-24-19)26-21(28)15-4-7-20(25-14-15)22(29)27-9-11-30-12-10-27;23-20-9-6-17(15-19(20)21-3-1-2-10-24-21)25-22(27)16-4-7-18(8-5-16)26-11-13-28-14-12-26;22-19-10-7-16(14-18(19)20-4-1-2-11-23-20)25-21(27)15-5-8-17(9-6-15)30(28,29)24-12-3-13-26/h1-2,5,7-11,15-16H,3-4,6,12-14H2,(H,27,28)(H,29,32);1-8,13-14H,9-12H2,(H,26,28);1-10,15H,11-14H2,(H,25,27);1-2,4-11,14,24,26H,3,12-13H2,(H,25,27). The lowest BCUT2D eigenvalue weighted by atomic mass is 10.1. The van der Waals surface area contributed by atoms with E-state index in [1.807, 2.05) is 102 Å². The van der Waals surface area contributed by atoms with Gasteiger partial charge in [0.05, 0.1) is 85.3 Å². The largest absolute Gasteiger partial charge is 0.396 e. The Morgan fingerprint density at radius 2 is 0.842 bits per heavy atom. The number of carbonyl (C=O) groups excluding carboxylic acids is 6. The minimum Gasteiger partial charge on any atom is -0.396 e. The Hall–Kier alpha value is -12.4. The molecular formula is C89H83Cl4N15O11S. The van der Waals surface area contributed by atoms with E-state index in [1.54, 1.807) is 127 Å². The van der Waals surface area contributed by atoms with Gasteiger partial charge in [0.15, 0.2) is 0 Å².